The summed E-state index contributed by atoms with van der Waals surface area (Å²) in [6.07, 6.45) is 0. The first-order chi connectivity index (χ1) is 9.54. The van der Waals surface area contributed by atoms with Gasteiger partial charge < -0.3 is 5.32 Å². The number of carbonyl (C=O) groups excluding carboxylic acids is 1. The van der Waals surface area contributed by atoms with Gasteiger partial charge in [-0.05, 0) is 42.8 Å². The van der Waals surface area contributed by atoms with Crippen LogP contribution in [-0.4, -0.2) is 11.6 Å². The number of nitrogens with zero attached hydrogens (tertiary/aromatic N) is 1. The molecule has 2 aromatic rings. The minimum Gasteiger partial charge on any atom is -0.320 e. The molecule has 0 fully saturated rings. The Balaban J connectivity index is 2.15. The number of anilines is 1. The van der Waals surface area contributed by atoms with Crippen molar-refractivity contribution in [3.05, 3.63) is 57.0 Å². The number of hydrogen-bond acceptors (Lipinski definition) is 2. The van der Waals surface area contributed by atoms with E-state index in [4.69, 9.17) is 11.6 Å². The highest BCUT2D eigenvalue weighted by atomic mass is 79.9. The van der Waals surface area contributed by atoms with Crippen molar-refractivity contribution in [2.24, 2.45) is 4.99 Å². The van der Waals surface area contributed by atoms with Crippen molar-refractivity contribution in [1.82, 2.24) is 0 Å². The van der Waals surface area contributed by atoms with E-state index in [1.54, 1.807) is 12.1 Å². The third-order valence-electron chi connectivity index (χ3n) is 3.10. The Bertz CT molecular complexity index is 756. The monoisotopic (exact) mass is 348 g/mol. The van der Waals surface area contributed by atoms with Crippen molar-refractivity contribution in [3.8, 4) is 0 Å². The lowest BCUT2D eigenvalue weighted by Crippen LogP contribution is -2.14. The Morgan fingerprint density at radius 3 is 2.80 bits per heavy atom. The van der Waals surface area contributed by atoms with E-state index in [-0.39, 0.29) is 5.91 Å². The van der Waals surface area contributed by atoms with Crippen LogP contribution in [0.25, 0.3) is 0 Å². The highest BCUT2D eigenvalue weighted by Crippen LogP contribution is 2.30. The molecule has 1 amide bonds. The van der Waals surface area contributed by atoms with Gasteiger partial charge in [0.2, 0.25) is 0 Å². The molecule has 5 heteroatoms. The average Bonchev–Trinajstić information content (AvgIpc) is 2.70. The van der Waals surface area contributed by atoms with E-state index >= 15 is 0 Å². The number of benzene rings is 2. The molecular formula is C15H10BrClN2O. The molecule has 0 spiro atoms. The molecule has 1 N–H and O–H groups in total. The molecular weight excluding hydrogens is 340 g/mol. The number of rotatable bonds is 1. The predicted octanol–water partition coefficient (Wildman–Crippen LogP) is 4.48. The van der Waals surface area contributed by atoms with Crippen LogP contribution in [0.4, 0.5) is 11.4 Å². The van der Waals surface area contributed by atoms with Gasteiger partial charge in [-0.1, -0.05) is 33.6 Å². The molecule has 1 aliphatic rings. The van der Waals surface area contributed by atoms with Gasteiger partial charge in [0.1, 0.15) is 5.71 Å². The summed E-state index contributed by atoms with van der Waals surface area (Å²) in [4.78, 5) is 16.5. The number of aliphatic imine (C=N–C) groups is 1. The van der Waals surface area contributed by atoms with Crippen molar-refractivity contribution in [2.75, 3.05) is 5.32 Å². The Labute approximate surface area is 129 Å². The van der Waals surface area contributed by atoms with Crippen molar-refractivity contribution in [3.63, 3.8) is 0 Å². The molecule has 0 bridgehead atoms. The lowest BCUT2D eigenvalue weighted by Gasteiger charge is -2.03. The van der Waals surface area contributed by atoms with E-state index < -0.39 is 0 Å². The molecule has 0 saturated carbocycles. The van der Waals surface area contributed by atoms with Crippen LogP contribution in [0.1, 0.15) is 11.1 Å². The fourth-order valence-corrected chi connectivity index (χ4v) is 2.59. The molecule has 0 saturated heterocycles. The molecule has 2 aromatic carbocycles. The molecule has 0 atom stereocenters. The molecule has 0 aliphatic carbocycles. The Hall–Kier alpha value is -1.65. The minimum absolute atomic E-state index is 0.197. The average molecular weight is 350 g/mol. The quantitative estimate of drug-likeness (QED) is 0.810. The van der Waals surface area contributed by atoms with Crippen molar-refractivity contribution in [1.29, 1.82) is 0 Å². The minimum atomic E-state index is -0.197. The van der Waals surface area contributed by atoms with E-state index in [2.05, 4.69) is 26.2 Å². The Kier molecular flexibility index (Phi) is 3.36. The molecule has 20 heavy (non-hydrogen) atoms. The highest BCUT2D eigenvalue weighted by Gasteiger charge is 2.26. The maximum Gasteiger partial charge on any atom is 0.275 e. The molecule has 100 valence electrons. The zero-order valence-corrected chi connectivity index (χ0v) is 12.9. The number of halogens is 2. The van der Waals surface area contributed by atoms with Gasteiger partial charge in [-0.2, -0.15) is 0 Å². The van der Waals surface area contributed by atoms with E-state index in [9.17, 15) is 4.79 Å². The first-order valence-corrected chi connectivity index (χ1v) is 7.18. The summed E-state index contributed by atoms with van der Waals surface area (Å²) >= 11 is 9.40. The van der Waals surface area contributed by atoms with Gasteiger partial charge in [0.05, 0.1) is 11.4 Å². The summed E-state index contributed by atoms with van der Waals surface area (Å²) < 4.78 is 0.906. The van der Waals surface area contributed by atoms with E-state index in [1.807, 2.05) is 31.2 Å². The first kappa shape index (κ1) is 13.3. The van der Waals surface area contributed by atoms with Gasteiger partial charge in [-0.25, -0.2) is 4.99 Å². The van der Waals surface area contributed by atoms with Crippen LogP contribution in [0.15, 0.2) is 45.9 Å². The number of aryl methyl sites for hydroxylation is 1. The zero-order chi connectivity index (χ0) is 14.3. The van der Waals surface area contributed by atoms with Crippen LogP contribution in [0, 0.1) is 6.92 Å². The lowest BCUT2D eigenvalue weighted by atomic mass is 10.1. The molecule has 0 aromatic heterocycles. The number of hydrogen-bond donors (Lipinski definition) is 1. The van der Waals surface area contributed by atoms with Crippen molar-refractivity contribution in [2.45, 2.75) is 6.92 Å². The highest BCUT2D eigenvalue weighted by molar-refractivity contribution is 9.10. The summed E-state index contributed by atoms with van der Waals surface area (Å²) in [5.41, 5.74) is 3.65. The summed E-state index contributed by atoms with van der Waals surface area (Å²) in [5, 5.41) is 3.41. The molecule has 1 aliphatic heterocycles. The summed E-state index contributed by atoms with van der Waals surface area (Å²) in [6, 6.07) is 11.1. The van der Waals surface area contributed by atoms with Crippen LogP contribution in [0.3, 0.4) is 0 Å². The normalized spacial score (nSPS) is 15.3. The summed E-state index contributed by atoms with van der Waals surface area (Å²) in [6.45, 7) is 1.93. The van der Waals surface area contributed by atoms with Gasteiger partial charge in [0, 0.05) is 15.1 Å². The predicted molar refractivity (Wildman–Crippen MR) is 85.2 cm³/mol. The number of carbonyl (C=O) groups is 1. The third-order valence-corrected chi connectivity index (χ3v) is 3.83. The van der Waals surface area contributed by atoms with Gasteiger partial charge in [-0.3, -0.25) is 4.79 Å². The fraction of sp³-hybridized carbons (Fsp3) is 0.0667. The maximum atomic E-state index is 12.1. The second kappa shape index (κ2) is 5.04. The SMILES string of the molecule is Cc1ccc(Cl)cc1N=C1C(=O)Nc2ccc(Br)cc21. The van der Waals surface area contributed by atoms with Gasteiger partial charge in [0.15, 0.2) is 0 Å². The standard InChI is InChI=1S/C15H10BrClN2O/c1-8-2-4-10(17)7-13(8)18-14-11-6-9(16)3-5-12(11)19-15(14)20/h2-7H,1H3,(H,18,19,20). The van der Waals surface area contributed by atoms with Crippen molar-refractivity contribution < 1.29 is 4.79 Å². The van der Waals surface area contributed by atoms with Gasteiger partial charge in [0.25, 0.3) is 5.91 Å². The smallest absolute Gasteiger partial charge is 0.275 e. The van der Waals surface area contributed by atoms with E-state index in [1.165, 1.54) is 0 Å². The number of amides is 1. The second-order valence-corrected chi connectivity index (χ2v) is 5.89. The van der Waals surface area contributed by atoms with Crippen LogP contribution >= 0.6 is 27.5 Å². The van der Waals surface area contributed by atoms with Crippen LogP contribution < -0.4 is 5.32 Å². The van der Waals surface area contributed by atoms with Gasteiger partial charge in [-0.15, -0.1) is 0 Å². The Morgan fingerprint density at radius 1 is 1.20 bits per heavy atom. The lowest BCUT2D eigenvalue weighted by molar-refractivity contribution is -0.110. The van der Waals surface area contributed by atoms with Crippen LogP contribution in [0.2, 0.25) is 5.02 Å². The zero-order valence-electron chi connectivity index (χ0n) is 10.6. The van der Waals surface area contributed by atoms with Crippen molar-refractivity contribution >= 4 is 50.5 Å². The van der Waals surface area contributed by atoms with E-state index in [0.717, 1.165) is 21.3 Å². The third kappa shape index (κ3) is 2.37. The molecule has 3 rings (SSSR count). The summed E-state index contributed by atoms with van der Waals surface area (Å²) in [7, 11) is 0. The van der Waals surface area contributed by atoms with Gasteiger partial charge >= 0.3 is 0 Å². The molecule has 1 heterocycles. The second-order valence-electron chi connectivity index (χ2n) is 4.54. The first-order valence-electron chi connectivity index (χ1n) is 6.01. The molecule has 0 unspecified atom stereocenters. The van der Waals surface area contributed by atoms with E-state index in [0.29, 0.717) is 16.4 Å². The Morgan fingerprint density at radius 2 is 2.00 bits per heavy atom. The van der Waals surface area contributed by atoms with Crippen LogP contribution in [-0.2, 0) is 4.79 Å². The number of fused-ring (bicyclic) bond motifs is 1. The maximum absolute atomic E-state index is 12.1. The fourth-order valence-electron chi connectivity index (χ4n) is 2.06. The number of nitrogens with one attached hydrogen (secondary N) is 1. The largest absolute Gasteiger partial charge is 0.320 e. The molecule has 0 radical (unpaired) electrons. The molecule has 3 nitrogen and oxygen atoms in total. The topological polar surface area (TPSA) is 41.5 Å². The van der Waals surface area contributed by atoms with Crippen LogP contribution in [0.5, 0.6) is 0 Å². The summed E-state index contributed by atoms with van der Waals surface area (Å²) in [5.74, 6) is -0.197.